The Morgan fingerprint density at radius 2 is 1.55 bits per heavy atom. The van der Waals surface area contributed by atoms with Gasteiger partial charge in [0.2, 0.25) is 6.41 Å². The first-order chi connectivity index (χ1) is 5.42. The zero-order valence-corrected chi connectivity index (χ0v) is 6.23. The van der Waals surface area contributed by atoms with E-state index in [2.05, 4.69) is 0 Å². The van der Waals surface area contributed by atoms with Crippen LogP contribution in [0.25, 0.3) is 0 Å². The first-order valence-corrected chi connectivity index (χ1v) is 3.80. The van der Waals surface area contributed by atoms with Gasteiger partial charge in [-0.2, -0.15) is 0 Å². The van der Waals surface area contributed by atoms with E-state index >= 15 is 0 Å². The molecule has 2 bridgehead atoms. The fraction of sp³-hybridized carbons (Fsp3) is 0.857. The van der Waals surface area contributed by atoms with E-state index in [-0.39, 0.29) is 12.1 Å². The van der Waals surface area contributed by atoms with E-state index in [1.54, 1.807) is 0 Å². The topological polar surface area (TPSA) is 38.8 Å². The molecule has 0 aliphatic carbocycles. The summed E-state index contributed by atoms with van der Waals surface area (Å²) in [7, 11) is 0. The molecule has 2 saturated heterocycles. The lowest BCUT2D eigenvalue weighted by Crippen LogP contribution is -2.58. The highest BCUT2D eigenvalue weighted by Gasteiger charge is 2.34. The van der Waals surface area contributed by atoms with Gasteiger partial charge in [-0.25, -0.2) is 0 Å². The van der Waals surface area contributed by atoms with Crippen LogP contribution < -0.4 is 0 Å². The van der Waals surface area contributed by atoms with E-state index in [9.17, 15) is 4.79 Å². The van der Waals surface area contributed by atoms with Crippen LogP contribution in [0.5, 0.6) is 0 Å². The molecule has 2 aliphatic heterocycles. The number of fused-ring (bicyclic) bond motifs is 2. The second-order valence-corrected chi connectivity index (χ2v) is 2.94. The van der Waals surface area contributed by atoms with Gasteiger partial charge in [-0.3, -0.25) is 4.79 Å². The average molecular weight is 157 g/mol. The van der Waals surface area contributed by atoms with Crippen molar-refractivity contribution in [3.8, 4) is 0 Å². The Hall–Kier alpha value is -0.610. The Labute approximate surface area is 65.1 Å². The van der Waals surface area contributed by atoms with Gasteiger partial charge in [0.25, 0.3) is 0 Å². The second kappa shape index (κ2) is 2.79. The largest absolute Gasteiger partial charge is 0.377 e. The van der Waals surface area contributed by atoms with Crippen LogP contribution in [-0.4, -0.2) is 49.8 Å². The van der Waals surface area contributed by atoms with E-state index < -0.39 is 0 Å². The third-order valence-corrected chi connectivity index (χ3v) is 2.21. The van der Waals surface area contributed by atoms with Crippen molar-refractivity contribution in [2.75, 3.05) is 26.4 Å². The number of hydrogen-bond donors (Lipinski definition) is 0. The number of nitrogens with zero attached hydrogens (tertiary/aromatic N) is 1. The zero-order chi connectivity index (χ0) is 7.68. The van der Waals surface area contributed by atoms with Crippen molar-refractivity contribution in [2.24, 2.45) is 0 Å². The predicted molar refractivity (Wildman–Crippen MR) is 37.1 cm³/mol. The smallest absolute Gasteiger partial charge is 0.210 e. The molecule has 0 aromatic heterocycles. The molecule has 0 saturated carbocycles. The van der Waals surface area contributed by atoms with Gasteiger partial charge < -0.3 is 14.4 Å². The molecule has 62 valence electrons. The van der Waals surface area contributed by atoms with E-state index in [1.807, 2.05) is 4.90 Å². The summed E-state index contributed by atoms with van der Waals surface area (Å²) in [5, 5.41) is 0. The Morgan fingerprint density at radius 1 is 1.09 bits per heavy atom. The minimum absolute atomic E-state index is 0.153. The van der Waals surface area contributed by atoms with Crippen molar-refractivity contribution in [2.45, 2.75) is 12.1 Å². The SMILES string of the molecule is O=CN1[C@H]2COC[C@H]1COC2. The molecule has 0 aromatic rings. The summed E-state index contributed by atoms with van der Waals surface area (Å²) in [4.78, 5) is 12.4. The summed E-state index contributed by atoms with van der Waals surface area (Å²) in [6, 6.07) is 0.306. The van der Waals surface area contributed by atoms with E-state index in [0.29, 0.717) is 26.4 Å². The van der Waals surface area contributed by atoms with Crippen molar-refractivity contribution in [1.82, 2.24) is 4.90 Å². The molecule has 0 N–H and O–H groups in total. The van der Waals surface area contributed by atoms with Crippen molar-refractivity contribution in [3.05, 3.63) is 0 Å². The second-order valence-electron chi connectivity index (χ2n) is 2.94. The fourth-order valence-electron chi connectivity index (χ4n) is 1.59. The lowest BCUT2D eigenvalue weighted by Gasteiger charge is -2.43. The minimum atomic E-state index is 0.153. The number of ether oxygens (including phenoxy) is 2. The molecule has 1 amide bonds. The Kier molecular flexibility index (Phi) is 1.79. The zero-order valence-electron chi connectivity index (χ0n) is 6.23. The van der Waals surface area contributed by atoms with Crippen molar-refractivity contribution in [1.29, 1.82) is 0 Å². The fourth-order valence-corrected chi connectivity index (χ4v) is 1.59. The lowest BCUT2D eigenvalue weighted by molar-refractivity contribution is -0.156. The van der Waals surface area contributed by atoms with E-state index in [1.165, 1.54) is 0 Å². The summed E-state index contributed by atoms with van der Waals surface area (Å²) >= 11 is 0. The highest BCUT2D eigenvalue weighted by Crippen LogP contribution is 2.16. The lowest BCUT2D eigenvalue weighted by atomic mass is 10.1. The van der Waals surface area contributed by atoms with Gasteiger partial charge in [0.1, 0.15) is 0 Å². The molecule has 0 aromatic carbocycles. The molecule has 2 fully saturated rings. The van der Waals surface area contributed by atoms with Crippen molar-refractivity contribution in [3.63, 3.8) is 0 Å². The standard InChI is InChI=1S/C7H11NO3/c9-5-8-6-1-10-3-7(8)4-11-2-6/h5-7H,1-4H2/t6-,7-. The highest BCUT2D eigenvalue weighted by atomic mass is 16.5. The van der Waals surface area contributed by atoms with Crippen LogP contribution in [0.1, 0.15) is 0 Å². The summed E-state index contributed by atoms with van der Waals surface area (Å²) in [5.74, 6) is 0. The number of hydrogen-bond acceptors (Lipinski definition) is 3. The molecule has 0 unspecified atom stereocenters. The number of rotatable bonds is 1. The number of amides is 1. The van der Waals surface area contributed by atoms with E-state index in [4.69, 9.17) is 9.47 Å². The van der Waals surface area contributed by atoms with Gasteiger partial charge in [0.15, 0.2) is 0 Å². The van der Waals surface area contributed by atoms with E-state index in [0.717, 1.165) is 6.41 Å². The Balaban J connectivity index is 2.10. The van der Waals surface area contributed by atoms with Crippen LogP contribution in [0.4, 0.5) is 0 Å². The maximum absolute atomic E-state index is 10.6. The Morgan fingerprint density at radius 3 is 1.82 bits per heavy atom. The first-order valence-electron chi connectivity index (χ1n) is 3.80. The highest BCUT2D eigenvalue weighted by molar-refractivity contribution is 5.49. The van der Waals surface area contributed by atoms with Crippen molar-refractivity contribution >= 4 is 6.41 Å². The Bertz CT molecular complexity index is 140. The van der Waals surface area contributed by atoms with Crippen LogP contribution >= 0.6 is 0 Å². The molecule has 2 rings (SSSR count). The van der Waals surface area contributed by atoms with Gasteiger partial charge in [-0.1, -0.05) is 0 Å². The van der Waals surface area contributed by atoms with Crippen molar-refractivity contribution < 1.29 is 14.3 Å². The molecule has 2 heterocycles. The molecule has 4 nitrogen and oxygen atoms in total. The maximum atomic E-state index is 10.6. The van der Waals surface area contributed by atoms with Crippen LogP contribution in [0, 0.1) is 0 Å². The quantitative estimate of drug-likeness (QED) is 0.470. The van der Waals surface area contributed by atoms with Crippen LogP contribution in [0.3, 0.4) is 0 Å². The molecule has 2 aliphatic rings. The number of carbonyl (C=O) groups excluding carboxylic acids is 1. The molecule has 0 atom stereocenters. The number of carbonyl (C=O) groups is 1. The molecule has 11 heavy (non-hydrogen) atoms. The first kappa shape index (κ1) is 7.06. The average Bonchev–Trinajstić information content (AvgIpc) is 2.03. The van der Waals surface area contributed by atoms with Gasteiger partial charge in [-0.15, -0.1) is 0 Å². The monoisotopic (exact) mass is 157 g/mol. The van der Waals surface area contributed by atoms with Gasteiger partial charge in [0.05, 0.1) is 38.5 Å². The number of morpholine rings is 2. The molecular formula is C7H11NO3. The van der Waals surface area contributed by atoms with Crippen LogP contribution in [-0.2, 0) is 14.3 Å². The van der Waals surface area contributed by atoms with Gasteiger partial charge in [0, 0.05) is 0 Å². The summed E-state index contributed by atoms with van der Waals surface area (Å²) < 4.78 is 10.6. The summed E-state index contributed by atoms with van der Waals surface area (Å²) in [5.41, 5.74) is 0. The predicted octanol–water partition coefficient (Wildman–Crippen LogP) is -0.758. The normalized spacial score (nSPS) is 36.9. The molecule has 0 radical (unpaired) electrons. The maximum Gasteiger partial charge on any atom is 0.210 e. The molecule has 4 heteroatoms. The van der Waals surface area contributed by atoms with Gasteiger partial charge in [-0.05, 0) is 0 Å². The minimum Gasteiger partial charge on any atom is -0.377 e. The van der Waals surface area contributed by atoms with Gasteiger partial charge >= 0.3 is 0 Å². The molecular weight excluding hydrogens is 146 g/mol. The summed E-state index contributed by atoms with van der Waals surface area (Å²) in [6.45, 7) is 2.48. The molecule has 0 spiro atoms. The van der Waals surface area contributed by atoms with Crippen LogP contribution in [0.2, 0.25) is 0 Å². The third-order valence-electron chi connectivity index (χ3n) is 2.21. The van der Waals surface area contributed by atoms with Crippen LogP contribution in [0.15, 0.2) is 0 Å². The summed E-state index contributed by atoms with van der Waals surface area (Å²) in [6.07, 6.45) is 0.903. The third kappa shape index (κ3) is 1.12.